The number of aliphatic imine (C=N–C) groups is 1. The van der Waals surface area contributed by atoms with Gasteiger partial charge in [0.2, 0.25) is 5.90 Å². The van der Waals surface area contributed by atoms with Crippen molar-refractivity contribution in [3.8, 4) is 17.2 Å². The molecule has 4 aromatic carbocycles. The highest BCUT2D eigenvalue weighted by Crippen LogP contribution is 2.43. The molecule has 1 aliphatic heterocycles. The molecule has 1 heterocycles. The predicted molar refractivity (Wildman–Crippen MR) is 186 cm³/mol. The number of hydrogen-bond acceptors (Lipinski definition) is 9. The summed E-state index contributed by atoms with van der Waals surface area (Å²) in [6, 6.07) is 30.1. The van der Waals surface area contributed by atoms with Crippen LogP contribution < -0.4 is 25.1 Å². The van der Waals surface area contributed by atoms with Gasteiger partial charge in [-0.2, -0.15) is 0 Å². The largest absolute Gasteiger partial charge is 0.494 e. The van der Waals surface area contributed by atoms with Crippen LogP contribution in [0, 0.1) is 0 Å². The average Bonchev–Trinajstić information content (AvgIpc) is 3.53. The molecule has 1 amide bonds. The minimum Gasteiger partial charge on any atom is -0.494 e. The Balaban J connectivity index is 1.48. The molecule has 3 N–H and O–H groups in total. The minimum atomic E-state index is -1.45. The second kappa shape index (κ2) is 17.0. The van der Waals surface area contributed by atoms with E-state index in [1.807, 2.05) is 84.9 Å². The number of amides is 1. The molecular formula is C37H40N6O6. The number of carbonyl (C=O) groups is 1. The fraction of sp³-hybridized carbons (Fsp3) is 0.297. The zero-order valence-electron chi connectivity index (χ0n) is 27.5. The fourth-order valence-electron chi connectivity index (χ4n) is 5.70. The van der Waals surface area contributed by atoms with Gasteiger partial charge < -0.3 is 24.1 Å². The third-order valence-corrected chi connectivity index (χ3v) is 8.18. The van der Waals surface area contributed by atoms with Crippen LogP contribution >= 0.6 is 0 Å². The van der Waals surface area contributed by atoms with Gasteiger partial charge in [0.1, 0.15) is 5.75 Å². The first kappa shape index (κ1) is 34.8. The molecule has 2 atom stereocenters. The summed E-state index contributed by atoms with van der Waals surface area (Å²) in [6.07, 6.45) is 0.487. The second-order valence-corrected chi connectivity index (χ2v) is 11.4. The molecule has 12 heteroatoms. The van der Waals surface area contributed by atoms with Crippen molar-refractivity contribution in [3.05, 3.63) is 135 Å². The van der Waals surface area contributed by atoms with Gasteiger partial charge in [-0.25, -0.2) is 10.4 Å². The fourth-order valence-corrected chi connectivity index (χ4v) is 5.70. The van der Waals surface area contributed by atoms with Crippen molar-refractivity contribution in [1.29, 1.82) is 0 Å². The summed E-state index contributed by atoms with van der Waals surface area (Å²) < 4.78 is 23.1. The molecule has 0 fully saturated rings. The van der Waals surface area contributed by atoms with Crippen LogP contribution in [0.1, 0.15) is 40.3 Å². The Bertz CT molecular complexity index is 1780. The van der Waals surface area contributed by atoms with Gasteiger partial charge in [-0.3, -0.25) is 10.2 Å². The van der Waals surface area contributed by atoms with E-state index in [0.717, 1.165) is 16.7 Å². The van der Waals surface area contributed by atoms with Gasteiger partial charge in [0.05, 0.1) is 27.4 Å². The lowest BCUT2D eigenvalue weighted by Gasteiger charge is -2.31. The molecule has 254 valence electrons. The zero-order valence-corrected chi connectivity index (χ0v) is 27.5. The number of hydrazine groups is 1. The Kier molecular flexibility index (Phi) is 12.1. The van der Waals surface area contributed by atoms with E-state index in [9.17, 15) is 4.79 Å². The summed E-state index contributed by atoms with van der Waals surface area (Å²) in [6.45, 7) is 0.933. The van der Waals surface area contributed by atoms with Crippen molar-refractivity contribution in [2.45, 2.75) is 37.5 Å². The number of carbonyl (C=O) groups excluding carboxylic acids is 1. The lowest BCUT2D eigenvalue weighted by molar-refractivity contribution is -0.130. The first-order valence-corrected chi connectivity index (χ1v) is 16.0. The standard InChI is InChI=1S/C37H40N6O6/c1-46-32-18-13-26(23-33(32)47-2)19-20-39-42-36(45)37(24-27-9-4-3-5-10-27)34(31-12-7-6-11-29(31)25-40-43-38)49-35(41-37)28-14-16-30(17-15-28)48-22-8-21-44/h3-7,9-18,23,34,39,44H,8,19-22,24-25H2,1-2H3,(H,42,45)/t34-,37-/m0/s1. The van der Waals surface area contributed by atoms with Gasteiger partial charge in [-0.05, 0) is 70.6 Å². The van der Waals surface area contributed by atoms with Crippen LogP contribution in [0.5, 0.6) is 17.2 Å². The number of benzene rings is 4. The first-order valence-electron chi connectivity index (χ1n) is 16.0. The quantitative estimate of drug-likeness (QED) is 0.0433. The Morgan fingerprint density at radius 2 is 1.73 bits per heavy atom. The van der Waals surface area contributed by atoms with E-state index in [1.54, 1.807) is 26.4 Å². The monoisotopic (exact) mass is 664 g/mol. The summed E-state index contributed by atoms with van der Waals surface area (Å²) in [7, 11) is 3.18. The molecule has 1 aliphatic rings. The average molecular weight is 665 g/mol. The maximum atomic E-state index is 14.5. The summed E-state index contributed by atoms with van der Waals surface area (Å²) in [5.41, 5.74) is 17.6. The Hall–Kier alpha value is -5.55. The first-order chi connectivity index (χ1) is 24.0. The van der Waals surface area contributed by atoms with Crippen LogP contribution in [0.4, 0.5) is 0 Å². The van der Waals surface area contributed by atoms with Crippen LogP contribution in [0.25, 0.3) is 10.4 Å². The molecule has 0 saturated carbocycles. The number of azide groups is 1. The van der Waals surface area contributed by atoms with Crippen molar-refractivity contribution in [2.24, 2.45) is 10.1 Å². The SMILES string of the molecule is COc1ccc(CCNNC(=O)[C@@]2(Cc3ccccc3)N=C(c3ccc(OCCCO)cc3)O[C@H]2c2ccccc2CN=[N+]=[N-])cc1OC. The number of aliphatic hydroxyl groups excluding tert-OH is 1. The van der Waals surface area contributed by atoms with Gasteiger partial charge in [-0.15, -0.1) is 0 Å². The molecule has 0 saturated heterocycles. The van der Waals surface area contributed by atoms with Crippen molar-refractivity contribution >= 4 is 11.8 Å². The minimum absolute atomic E-state index is 0.0436. The van der Waals surface area contributed by atoms with Crippen LogP contribution in [0.15, 0.2) is 107 Å². The number of ether oxygens (including phenoxy) is 4. The van der Waals surface area contributed by atoms with Crippen LogP contribution in [0.2, 0.25) is 0 Å². The molecule has 0 bridgehead atoms. The third-order valence-electron chi connectivity index (χ3n) is 8.18. The summed E-state index contributed by atoms with van der Waals surface area (Å²) >= 11 is 0. The Labute approximate surface area is 285 Å². The lowest BCUT2D eigenvalue weighted by Crippen LogP contribution is -2.54. The smallest absolute Gasteiger partial charge is 0.266 e. The number of nitrogens with zero attached hydrogens (tertiary/aromatic N) is 4. The van der Waals surface area contributed by atoms with Gasteiger partial charge in [-0.1, -0.05) is 65.8 Å². The number of rotatable bonds is 17. The van der Waals surface area contributed by atoms with Gasteiger partial charge in [0.15, 0.2) is 23.1 Å². The summed E-state index contributed by atoms with van der Waals surface area (Å²) in [5, 5.41) is 12.9. The van der Waals surface area contributed by atoms with Crippen molar-refractivity contribution in [2.75, 3.05) is 34.0 Å². The topological polar surface area (TPSA) is 159 Å². The highest BCUT2D eigenvalue weighted by atomic mass is 16.5. The molecular weight excluding hydrogens is 624 g/mol. The number of hydrogen-bond donors (Lipinski definition) is 3. The maximum Gasteiger partial charge on any atom is 0.266 e. The predicted octanol–water partition coefficient (Wildman–Crippen LogP) is 5.64. The van der Waals surface area contributed by atoms with Gasteiger partial charge in [0.25, 0.3) is 5.91 Å². The van der Waals surface area contributed by atoms with E-state index in [1.165, 1.54) is 0 Å². The molecule has 0 unspecified atom stereocenters. The number of aliphatic hydroxyl groups is 1. The molecule has 0 aromatic heterocycles. The second-order valence-electron chi connectivity index (χ2n) is 11.4. The van der Waals surface area contributed by atoms with Gasteiger partial charge >= 0.3 is 0 Å². The number of nitrogens with one attached hydrogen (secondary N) is 2. The third kappa shape index (κ3) is 8.49. The molecule has 0 spiro atoms. The van der Waals surface area contributed by atoms with E-state index in [2.05, 4.69) is 20.9 Å². The van der Waals surface area contributed by atoms with E-state index in [0.29, 0.717) is 60.3 Å². The Morgan fingerprint density at radius 3 is 2.47 bits per heavy atom. The highest BCUT2D eigenvalue weighted by molar-refractivity contribution is 6.01. The lowest BCUT2D eigenvalue weighted by atomic mass is 9.81. The van der Waals surface area contributed by atoms with E-state index in [4.69, 9.17) is 34.6 Å². The normalized spacial score (nSPS) is 16.6. The summed E-state index contributed by atoms with van der Waals surface area (Å²) in [4.78, 5) is 22.6. The van der Waals surface area contributed by atoms with Gasteiger partial charge in [0, 0.05) is 36.5 Å². The van der Waals surface area contributed by atoms with E-state index in [-0.39, 0.29) is 25.5 Å². The van der Waals surface area contributed by atoms with Crippen molar-refractivity contribution in [3.63, 3.8) is 0 Å². The molecule has 0 aliphatic carbocycles. The molecule has 12 nitrogen and oxygen atoms in total. The van der Waals surface area contributed by atoms with E-state index >= 15 is 0 Å². The van der Waals surface area contributed by atoms with Crippen molar-refractivity contribution < 1.29 is 28.8 Å². The molecule has 5 rings (SSSR count). The maximum absolute atomic E-state index is 14.5. The molecule has 49 heavy (non-hydrogen) atoms. The van der Waals surface area contributed by atoms with E-state index < -0.39 is 11.6 Å². The highest BCUT2D eigenvalue weighted by Gasteiger charge is 2.53. The Morgan fingerprint density at radius 1 is 0.980 bits per heavy atom. The van der Waals surface area contributed by atoms with Crippen molar-refractivity contribution in [1.82, 2.24) is 10.9 Å². The summed E-state index contributed by atoms with van der Waals surface area (Å²) in [5.74, 6) is 1.82. The molecule has 0 radical (unpaired) electrons. The zero-order chi connectivity index (χ0) is 34.5. The van der Waals surface area contributed by atoms with Crippen LogP contribution in [-0.2, 0) is 28.9 Å². The molecule has 4 aromatic rings. The number of methoxy groups -OCH3 is 2. The van der Waals surface area contributed by atoms with Crippen LogP contribution in [-0.4, -0.2) is 56.4 Å². The van der Waals surface area contributed by atoms with Crippen LogP contribution in [0.3, 0.4) is 0 Å².